The van der Waals surface area contributed by atoms with Gasteiger partial charge in [-0.25, -0.2) is 4.98 Å². The van der Waals surface area contributed by atoms with Crippen LogP contribution in [0.3, 0.4) is 0 Å². The van der Waals surface area contributed by atoms with E-state index in [-0.39, 0.29) is 6.01 Å². The molecule has 6 heteroatoms. The van der Waals surface area contributed by atoms with Crippen molar-refractivity contribution in [3.05, 3.63) is 45.1 Å². The van der Waals surface area contributed by atoms with Gasteiger partial charge in [0.25, 0.3) is 0 Å². The zero-order chi connectivity index (χ0) is 13.1. The summed E-state index contributed by atoms with van der Waals surface area (Å²) in [6.45, 7) is 1.86. The van der Waals surface area contributed by atoms with E-state index >= 15 is 0 Å². The molecule has 0 aliphatic carbocycles. The molecule has 18 heavy (non-hydrogen) atoms. The van der Waals surface area contributed by atoms with E-state index in [2.05, 4.69) is 25.9 Å². The molecule has 0 saturated heterocycles. The zero-order valence-corrected chi connectivity index (χ0v) is 12.6. The fraction of sp³-hybridized carbons (Fsp3) is 0.167. The predicted molar refractivity (Wildman–Crippen MR) is 75.6 cm³/mol. The molecule has 2 rings (SSSR count). The van der Waals surface area contributed by atoms with Gasteiger partial charge in [0.05, 0.1) is 10.9 Å². The zero-order valence-electron chi connectivity index (χ0n) is 9.45. The Morgan fingerprint density at radius 3 is 2.83 bits per heavy atom. The van der Waals surface area contributed by atoms with E-state index in [1.54, 1.807) is 18.3 Å². The van der Waals surface area contributed by atoms with Crippen molar-refractivity contribution in [2.75, 3.05) is 0 Å². The summed E-state index contributed by atoms with van der Waals surface area (Å²) in [5.41, 5.74) is 1.67. The van der Waals surface area contributed by atoms with Crippen LogP contribution in [0, 0.1) is 6.92 Å². The minimum Gasteiger partial charge on any atom is -0.423 e. The van der Waals surface area contributed by atoms with Gasteiger partial charge in [-0.3, -0.25) is 0 Å². The molecule has 94 valence electrons. The van der Waals surface area contributed by atoms with Gasteiger partial charge in [-0.2, -0.15) is 4.98 Å². The van der Waals surface area contributed by atoms with Gasteiger partial charge in [-0.1, -0.05) is 27.5 Å². The van der Waals surface area contributed by atoms with Crippen molar-refractivity contribution in [3.63, 3.8) is 0 Å². The molecule has 3 nitrogen and oxygen atoms in total. The third-order valence-corrected chi connectivity index (χ3v) is 3.39. The molecule has 0 atom stereocenters. The molecule has 0 unspecified atom stereocenters. The number of hydrogen-bond donors (Lipinski definition) is 0. The Morgan fingerprint density at radius 1 is 1.39 bits per heavy atom. The molecule has 0 amide bonds. The van der Waals surface area contributed by atoms with E-state index in [1.807, 2.05) is 13.0 Å². The van der Waals surface area contributed by atoms with E-state index in [9.17, 15) is 0 Å². The Balaban J connectivity index is 2.28. The highest BCUT2D eigenvalue weighted by Gasteiger charge is 2.08. The van der Waals surface area contributed by atoms with Crippen LogP contribution < -0.4 is 4.74 Å². The molecule has 0 fully saturated rings. The molecule has 0 radical (unpaired) electrons. The lowest BCUT2D eigenvalue weighted by molar-refractivity contribution is 0.439. The summed E-state index contributed by atoms with van der Waals surface area (Å²) in [5, 5.41) is 0.501. The van der Waals surface area contributed by atoms with E-state index in [0.717, 1.165) is 15.7 Å². The molecule has 1 aromatic carbocycles. The number of halogens is 3. The quantitative estimate of drug-likeness (QED) is 0.752. The van der Waals surface area contributed by atoms with Crippen LogP contribution in [0.5, 0.6) is 11.8 Å². The molecule has 0 aliphatic heterocycles. The van der Waals surface area contributed by atoms with Crippen LogP contribution in [0.15, 0.2) is 28.9 Å². The number of aromatic nitrogens is 2. The fourth-order valence-electron chi connectivity index (χ4n) is 1.30. The van der Waals surface area contributed by atoms with Gasteiger partial charge < -0.3 is 4.74 Å². The van der Waals surface area contributed by atoms with Crippen LogP contribution >= 0.6 is 39.1 Å². The molecular weight excluding hydrogens is 339 g/mol. The summed E-state index contributed by atoms with van der Waals surface area (Å²) in [6.07, 6.45) is 1.65. The summed E-state index contributed by atoms with van der Waals surface area (Å²) < 4.78 is 6.41. The smallest absolute Gasteiger partial charge is 0.322 e. The summed E-state index contributed by atoms with van der Waals surface area (Å²) >= 11 is 15.1. The second-order valence-electron chi connectivity index (χ2n) is 3.57. The van der Waals surface area contributed by atoms with Gasteiger partial charge in [-0.05, 0) is 25.1 Å². The van der Waals surface area contributed by atoms with Crippen molar-refractivity contribution in [1.29, 1.82) is 0 Å². The first kappa shape index (κ1) is 13.6. The average molecular weight is 348 g/mol. The van der Waals surface area contributed by atoms with E-state index in [0.29, 0.717) is 16.7 Å². The van der Waals surface area contributed by atoms with Crippen LogP contribution in [0.25, 0.3) is 0 Å². The Morgan fingerprint density at radius 2 is 2.17 bits per heavy atom. The molecule has 0 aliphatic rings. The van der Waals surface area contributed by atoms with E-state index in [1.165, 1.54) is 0 Å². The first-order valence-corrected chi connectivity index (χ1v) is 6.82. The second-order valence-corrected chi connectivity index (χ2v) is 5.16. The van der Waals surface area contributed by atoms with E-state index < -0.39 is 0 Å². The Labute approximate surface area is 123 Å². The lowest BCUT2D eigenvalue weighted by atomic mass is 10.3. The average Bonchev–Trinajstić information content (AvgIpc) is 2.34. The molecule has 0 bridgehead atoms. The number of hydrogen-bond acceptors (Lipinski definition) is 3. The van der Waals surface area contributed by atoms with Gasteiger partial charge in [-0.15, -0.1) is 11.6 Å². The standard InChI is InChI=1S/C12H9BrCl2N2O/c1-7-8(5-14)6-16-12(17-7)18-11-4-9(13)2-3-10(11)15/h2-4,6H,5H2,1H3. The lowest BCUT2D eigenvalue weighted by Crippen LogP contribution is -1.97. The number of aryl methyl sites for hydroxylation is 1. The highest BCUT2D eigenvalue weighted by molar-refractivity contribution is 9.10. The van der Waals surface area contributed by atoms with Gasteiger partial charge >= 0.3 is 6.01 Å². The maximum absolute atomic E-state index is 6.02. The number of benzene rings is 1. The van der Waals surface area contributed by atoms with Crippen molar-refractivity contribution in [2.45, 2.75) is 12.8 Å². The third-order valence-electron chi connectivity index (χ3n) is 2.30. The third kappa shape index (κ3) is 3.13. The van der Waals surface area contributed by atoms with Crippen molar-refractivity contribution < 1.29 is 4.74 Å². The predicted octanol–water partition coefficient (Wildman–Crippen LogP) is 4.73. The summed E-state index contributed by atoms with van der Waals surface area (Å²) in [4.78, 5) is 8.30. The summed E-state index contributed by atoms with van der Waals surface area (Å²) in [5.74, 6) is 0.882. The molecule has 1 heterocycles. The highest BCUT2D eigenvalue weighted by Crippen LogP contribution is 2.30. The van der Waals surface area contributed by atoms with Crippen LogP contribution in [0.4, 0.5) is 0 Å². The molecule has 0 saturated carbocycles. The first-order chi connectivity index (χ1) is 8.60. The van der Waals surface area contributed by atoms with Crippen molar-refractivity contribution in [1.82, 2.24) is 9.97 Å². The summed E-state index contributed by atoms with van der Waals surface area (Å²) in [7, 11) is 0. The molecular formula is C12H9BrCl2N2O. The molecule has 2 aromatic rings. The number of rotatable bonds is 3. The van der Waals surface area contributed by atoms with Crippen molar-refractivity contribution in [2.24, 2.45) is 0 Å². The largest absolute Gasteiger partial charge is 0.423 e. The summed E-state index contributed by atoms with van der Waals surface area (Å²) in [6, 6.07) is 5.58. The Hall–Kier alpha value is -0.840. The highest BCUT2D eigenvalue weighted by atomic mass is 79.9. The molecule has 1 aromatic heterocycles. The number of ether oxygens (including phenoxy) is 1. The Bertz CT molecular complexity index is 578. The van der Waals surface area contributed by atoms with Crippen LogP contribution in [-0.4, -0.2) is 9.97 Å². The minimum absolute atomic E-state index is 0.251. The van der Waals surface area contributed by atoms with Crippen molar-refractivity contribution >= 4 is 39.1 Å². The van der Waals surface area contributed by atoms with Crippen molar-refractivity contribution in [3.8, 4) is 11.8 Å². The fourth-order valence-corrected chi connectivity index (χ4v) is 2.06. The SMILES string of the molecule is Cc1nc(Oc2cc(Br)ccc2Cl)ncc1CCl. The van der Waals surface area contributed by atoms with Crippen LogP contribution in [-0.2, 0) is 5.88 Å². The second kappa shape index (κ2) is 5.87. The number of alkyl halides is 1. The topological polar surface area (TPSA) is 35.0 Å². The van der Waals surface area contributed by atoms with Crippen LogP contribution in [0.2, 0.25) is 5.02 Å². The maximum atomic E-state index is 6.02. The Kier molecular flexibility index (Phi) is 4.43. The minimum atomic E-state index is 0.251. The molecule has 0 N–H and O–H groups in total. The van der Waals surface area contributed by atoms with E-state index in [4.69, 9.17) is 27.9 Å². The van der Waals surface area contributed by atoms with Gasteiger partial charge in [0.1, 0.15) is 0 Å². The number of nitrogens with zero attached hydrogens (tertiary/aromatic N) is 2. The molecule has 0 spiro atoms. The lowest BCUT2D eigenvalue weighted by Gasteiger charge is -2.07. The van der Waals surface area contributed by atoms with Gasteiger partial charge in [0.15, 0.2) is 5.75 Å². The first-order valence-electron chi connectivity index (χ1n) is 5.11. The van der Waals surface area contributed by atoms with Crippen LogP contribution in [0.1, 0.15) is 11.3 Å². The monoisotopic (exact) mass is 346 g/mol. The van der Waals surface area contributed by atoms with Gasteiger partial charge in [0, 0.05) is 21.9 Å². The maximum Gasteiger partial charge on any atom is 0.322 e. The van der Waals surface area contributed by atoms with Gasteiger partial charge in [0.2, 0.25) is 0 Å². The normalized spacial score (nSPS) is 10.4.